The molecule has 290 valence electrons. The topological polar surface area (TPSA) is 128 Å². The van der Waals surface area contributed by atoms with E-state index in [1.807, 2.05) is 70.8 Å². The quantitative estimate of drug-likeness (QED) is 0.125. The zero-order chi connectivity index (χ0) is 38.8. The van der Waals surface area contributed by atoms with Crippen LogP contribution in [0.1, 0.15) is 91.0 Å². The van der Waals surface area contributed by atoms with Crippen LogP contribution in [0.5, 0.6) is 0 Å². The van der Waals surface area contributed by atoms with Gasteiger partial charge >= 0.3 is 12.2 Å². The van der Waals surface area contributed by atoms with Crippen LogP contribution in [0.15, 0.2) is 55.0 Å². The summed E-state index contributed by atoms with van der Waals surface area (Å²) in [5.41, 5.74) is 4.26. The van der Waals surface area contributed by atoms with E-state index in [9.17, 15) is 9.59 Å². The SMILES string of the molecule is CC(C)(C)OC(=O)N1CCC[C@H]1c1ncc(-c2ccc(-c3ccc(-c4cn(COCC[Si](C)(C)C)c([C@@H]5CCCN5C(=O)OC(C)(C)C)n4)nc3)cc2)[nH]1. The lowest BCUT2D eigenvalue weighted by atomic mass is 10.0. The Bertz CT molecular complexity index is 1900. The van der Waals surface area contributed by atoms with Crippen LogP contribution in [0, 0.1) is 0 Å². The molecule has 54 heavy (non-hydrogen) atoms. The van der Waals surface area contributed by atoms with Crippen molar-refractivity contribution in [2.45, 2.75) is 123 Å². The molecule has 13 heteroatoms. The molecule has 4 aromatic rings. The molecule has 0 bridgehead atoms. The maximum absolute atomic E-state index is 13.2. The number of likely N-dealkylation sites (tertiary alicyclic amines) is 2. The Hall–Kier alpha value is -4.49. The number of rotatable bonds is 10. The van der Waals surface area contributed by atoms with Crippen LogP contribution in [0.25, 0.3) is 33.8 Å². The van der Waals surface area contributed by atoms with Gasteiger partial charge in [-0.15, -0.1) is 0 Å². The molecule has 0 unspecified atom stereocenters. The highest BCUT2D eigenvalue weighted by molar-refractivity contribution is 6.76. The molecular weight excluding hydrogens is 699 g/mol. The molecule has 2 fully saturated rings. The summed E-state index contributed by atoms with van der Waals surface area (Å²) in [6.07, 6.45) is 8.50. The summed E-state index contributed by atoms with van der Waals surface area (Å²) in [7, 11) is -1.25. The minimum atomic E-state index is -1.25. The lowest BCUT2D eigenvalue weighted by Crippen LogP contribution is -2.37. The fourth-order valence-electron chi connectivity index (χ4n) is 6.84. The van der Waals surface area contributed by atoms with Gasteiger partial charge in [0.2, 0.25) is 0 Å². The number of carbonyl (C=O) groups is 2. The first-order valence-electron chi connectivity index (χ1n) is 19.2. The summed E-state index contributed by atoms with van der Waals surface area (Å²) in [5, 5.41) is 0. The maximum atomic E-state index is 13.2. The molecular formula is C41H57N7O5Si. The second-order valence-electron chi connectivity index (χ2n) is 17.7. The van der Waals surface area contributed by atoms with E-state index >= 15 is 0 Å². The molecule has 2 atom stereocenters. The van der Waals surface area contributed by atoms with Crippen molar-refractivity contribution in [2.75, 3.05) is 19.7 Å². The zero-order valence-corrected chi connectivity index (χ0v) is 34.4. The fraction of sp³-hybridized carbons (Fsp3) is 0.537. The summed E-state index contributed by atoms with van der Waals surface area (Å²) >= 11 is 0. The minimum absolute atomic E-state index is 0.135. The average molecular weight is 756 g/mol. The molecule has 5 heterocycles. The Balaban J connectivity index is 1.17. The normalized spacial score (nSPS) is 18.0. The molecule has 3 aromatic heterocycles. The fourth-order valence-corrected chi connectivity index (χ4v) is 7.60. The standard InChI is InChI=1S/C41H57N7O5Si/c1-40(2,3)52-38(49)47-20-10-12-34(47)36-43-25-32(44-36)29-16-14-28(15-17-29)30-18-19-31(42-24-30)33-26-46(27-51-22-23-54(7,8)9)37(45-33)35-13-11-21-48(35)39(50)53-41(4,5)6/h14-19,24-26,34-35H,10-13,20-23,27H2,1-9H3,(H,43,44)/t34-,35-/m0/s1. The van der Waals surface area contributed by atoms with Crippen LogP contribution >= 0.6 is 0 Å². The lowest BCUT2D eigenvalue weighted by Gasteiger charge is -2.28. The van der Waals surface area contributed by atoms with Gasteiger partial charge in [-0.3, -0.25) is 14.8 Å². The van der Waals surface area contributed by atoms with Gasteiger partial charge in [0.25, 0.3) is 0 Å². The van der Waals surface area contributed by atoms with E-state index < -0.39 is 19.3 Å². The second-order valence-corrected chi connectivity index (χ2v) is 23.3. The van der Waals surface area contributed by atoms with Crippen LogP contribution in [0.4, 0.5) is 9.59 Å². The molecule has 6 rings (SSSR count). The van der Waals surface area contributed by atoms with E-state index in [0.29, 0.717) is 26.4 Å². The van der Waals surface area contributed by atoms with Gasteiger partial charge in [-0.25, -0.2) is 19.6 Å². The monoisotopic (exact) mass is 755 g/mol. The van der Waals surface area contributed by atoms with Crippen molar-refractivity contribution in [3.8, 4) is 33.8 Å². The molecule has 0 saturated carbocycles. The van der Waals surface area contributed by atoms with Crippen LogP contribution in [0.3, 0.4) is 0 Å². The van der Waals surface area contributed by atoms with Gasteiger partial charge in [-0.2, -0.15) is 0 Å². The Morgan fingerprint density at radius 2 is 1.37 bits per heavy atom. The van der Waals surface area contributed by atoms with E-state index in [1.54, 1.807) is 9.80 Å². The number of nitrogens with zero attached hydrogens (tertiary/aromatic N) is 6. The molecule has 2 aliphatic heterocycles. The van der Waals surface area contributed by atoms with Gasteiger partial charge in [0.15, 0.2) is 0 Å². The Morgan fingerprint density at radius 1 is 0.778 bits per heavy atom. The number of ether oxygens (including phenoxy) is 3. The number of hydrogen-bond donors (Lipinski definition) is 1. The van der Waals surface area contributed by atoms with Crippen LogP contribution < -0.4 is 0 Å². The van der Waals surface area contributed by atoms with E-state index in [0.717, 1.165) is 77.1 Å². The molecule has 2 aliphatic rings. The molecule has 1 aromatic carbocycles. The van der Waals surface area contributed by atoms with Crippen molar-refractivity contribution >= 4 is 20.3 Å². The van der Waals surface area contributed by atoms with Crippen LogP contribution in [-0.4, -0.2) is 85.5 Å². The molecule has 0 radical (unpaired) electrons. The summed E-state index contributed by atoms with van der Waals surface area (Å²) in [6, 6.07) is 13.1. The number of nitrogens with one attached hydrogen (secondary N) is 1. The Labute approximate surface area is 320 Å². The van der Waals surface area contributed by atoms with Gasteiger partial charge in [0.05, 0.1) is 29.7 Å². The van der Waals surface area contributed by atoms with E-state index in [2.05, 4.69) is 59.9 Å². The number of aromatic amines is 1. The van der Waals surface area contributed by atoms with Gasteiger partial charge in [-0.05, 0) is 90.5 Å². The highest BCUT2D eigenvalue weighted by Gasteiger charge is 2.37. The highest BCUT2D eigenvalue weighted by atomic mass is 28.3. The van der Waals surface area contributed by atoms with Crippen LogP contribution in [0.2, 0.25) is 25.7 Å². The Morgan fingerprint density at radius 3 is 1.96 bits per heavy atom. The third-order valence-corrected chi connectivity index (χ3v) is 11.3. The van der Waals surface area contributed by atoms with Gasteiger partial charge < -0.3 is 23.8 Å². The first-order valence-corrected chi connectivity index (χ1v) is 22.9. The summed E-state index contributed by atoms with van der Waals surface area (Å²) in [5.74, 6) is 1.56. The van der Waals surface area contributed by atoms with Crippen molar-refractivity contribution in [3.63, 3.8) is 0 Å². The van der Waals surface area contributed by atoms with E-state index in [-0.39, 0.29) is 24.3 Å². The number of amides is 2. The predicted molar refractivity (Wildman–Crippen MR) is 212 cm³/mol. The first-order chi connectivity index (χ1) is 25.4. The number of pyridine rings is 1. The van der Waals surface area contributed by atoms with Gasteiger partial charge in [-0.1, -0.05) is 50.0 Å². The zero-order valence-electron chi connectivity index (χ0n) is 33.4. The van der Waals surface area contributed by atoms with Crippen molar-refractivity contribution in [2.24, 2.45) is 0 Å². The smallest absolute Gasteiger partial charge is 0.410 e. The van der Waals surface area contributed by atoms with Crippen molar-refractivity contribution < 1.29 is 23.8 Å². The lowest BCUT2D eigenvalue weighted by molar-refractivity contribution is 0.0199. The number of aromatic nitrogens is 5. The summed E-state index contributed by atoms with van der Waals surface area (Å²) in [4.78, 5) is 47.6. The number of carbonyl (C=O) groups excluding carboxylic acids is 2. The van der Waals surface area contributed by atoms with Gasteiger partial charge in [0.1, 0.15) is 35.3 Å². The molecule has 0 spiro atoms. The molecule has 1 N–H and O–H groups in total. The van der Waals surface area contributed by atoms with Crippen molar-refractivity contribution in [3.05, 3.63) is 66.6 Å². The molecule has 0 aliphatic carbocycles. The number of hydrogen-bond acceptors (Lipinski definition) is 8. The van der Waals surface area contributed by atoms with Crippen molar-refractivity contribution in [1.29, 1.82) is 0 Å². The third kappa shape index (κ3) is 9.78. The third-order valence-electron chi connectivity index (χ3n) is 9.56. The maximum Gasteiger partial charge on any atom is 0.410 e. The van der Waals surface area contributed by atoms with Gasteiger partial charge in [0, 0.05) is 45.7 Å². The Kier molecular flexibility index (Phi) is 11.4. The average Bonchev–Trinajstić information content (AvgIpc) is 3.91. The summed E-state index contributed by atoms with van der Waals surface area (Å²) < 4.78 is 19.6. The summed E-state index contributed by atoms with van der Waals surface area (Å²) in [6.45, 7) is 20.7. The van der Waals surface area contributed by atoms with E-state index in [4.69, 9.17) is 24.2 Å². The highest BCUT2D eigenvalue weighted by Crippen LogP contribution is 2.36. The van der Waals surface area contributed by atoms with Crippen LogP contribution in [-0.2, 0) is 20.9 Å². The molecule has 2 saturated heterocycles. The largest absolute Gasteiger partial charge is 0.444 e. The van der Waals surface area contributed by atoms with E-state index in [1.165, 1.54) is 0 Å². The first kappa shape index (κ1) is 39.2. The second kappa shape index (κ2) is 15.7. The number of H-pyrrole nitrogens is 1. The molecule has 2 amide bonds. The predicted octanol–water partition coefficient (Wildman–Crippen LogP) is 9.46. The van der Waals surface area contributed by atoms with Crippen molar-refractivity contribution in [1.82, 2.24) is 34.3 Å². The number of benzene rings is 1. The number of imidazole rings is 2. The molecule has 12 nitrogen and oxygen atoms in total. The minimum Gasteiger partial charge on any atom is -0.444 e.